The monoisotopic (exact) mass is 435 g/mol. The molecular weight excluding hydrogens is 417 g/mol. The summed E-state index contributed by atoms with van der Waals surface area (Å²) in [7, 11) is 0. The van der Waals surface area contributed by atoms with Gasteiger partial charge in [0.1, 0.15) is 23.7 Å². The fourth-order valence-electron chi connectivity index (χ4n) is 2.65. The van der Waals surface area contributed by atoms with Gasteiger partial charge in [0.05, 0.1) is 12.0 Å². The molecule has 0 unspecified atom stereocenters. The van der Waals surface area contributed by atoms with Crippen LogP contribution in [0.3, 0.4) is 0 Å². The van der Waals surface area contributed by atoms with Crippen molar-refractivity contribution in [3.63, 3.8) is 0 Å². The highest BCUT2D eigenvalue weighted by Crippen LogP contribution is 2.22. The highest BCUT2D eigenvalue weighted by molar-refractivity contribution is 7.99. The molecule has 3 aromatic carbocycles. The molecule has 31 heavy (non-hydrogen) atoms. The van der Waals surface area contributed by atoms with Gasteiger partial charge in [-0.15, -0.1) is 0 Å². The van der Waals surface area contributed by atoms with Crippen LogP contribution in [0.4, 0.5) is 4.39 Å². The van der Waals surface area contributed by atoms with Gasteiger partial charge in [0.25, 0.3) is 11.1 Å². The Bertz CT molecular complexity index is 1160. The Balaban J connectivity index is 1.21. The van der Waals surface area contributed by atoms with Gasteiger partial charge in [-0.2, -0.15) is 5.10 Å². The van der Waals surface area contributed by atoms with Crippen LogP contribution in [0.15, 0.2) is 87.5 Å². The lowest BCUT2D eigenvalue weighted by molar-refractivity contribution is -0.118. The van der Waals surface area contributed by atoms with E-state index in [1.54, 1.807) is 30.5 Å². The Kier molecular flexibility index (Phi) is 6.59. The molecule has 0 spiro atoms. The number of hydrazone groups is 1. The minimum atomic E-state index is -0.274. The van der Waals surface area contributed by atoms with Gasteiger partial charge < -0.3 is 9.15 Å². The number of oxazole rings is 1. The molecule has 156 valence electrons. The first-order chi connectivity index (χ1) is 15.2. The van der Waals surface area contributed by atoms with Crippen LogP contribution in [0, 0.1) is 5.82 Å². The molecule has 0 fully saturated rings. The third kappa shape index (κ3) is 5.93. The van der Waals surface area contributed by atoms with Gasteiger partial charge in [-0.05, 0) is 59.7 Å². The molecule has 0 radical (unpaired) electrons. The summed E-state index contributed by atoms with van der Waals surface area (Å²) in [4.78, 5) is 16.3. The Morgan fingerprint density at radius 3 is 2.65 bits per heavy atom. The molecule has 1 heterocycles. The normalized spacial score (nSPS) is 11.1. The fraction of sp³-hybridized carbons (Fsp3) is 0.0870. The molecule has 0 aliphatic rings. The molecule has 0 saturated carbocycles. The number of thioether (sulfide) groups is 1. The van der Waals surface area contributed by atoms with Crippen molar-refractivity contribution in [2.75, 3.05) is 5.75 Å². The third-order valence-corrected chi connectivity index (χ3v) is 5.03. The van der Waals surface area contributed by atoms with E-state index in [4.69, 9.17) is 9.15 Å². The number of carbonyl (C=O) groups is 1. The molecule has 0 bridgehead atoms. The first kappa shape index (κ1) is 20.6. The van der Waals surface area contributed by atoms with Crippen molar-refractivity contribution < 1.29 is 18.3 Å². The topological polar surface area (TPSA) is 76.7 Å². The quantitative estimate of drug-likeness (QED) is 0.245. The van der Waals surface area contributed by atoms with Crippen molar-refractivity contribution in [3.05, 3.63) is 89.7 Å². The van der Waals surface area contributed by atoms with E-state index in [0.717, 1.165) is 16.6 Å². The van der Waals surface area contributed by atoms with Gasteiger partial charge in [-0.3, -0.25) is 4.79 Å². The molecule has 6 nitrogen and oxygen atoms in total. The summed E-state index contributed by atoms with van der Waals surface area (Å²) in [5.74, 6) is 0.285. The molecule has 1 amide bonds. The number of nitrogens with one attached hydrogen (secondary N) is 1. The smallest absolute Gasteiger partial charge is 0.257 e. The standard InChI is InChI=1S/C23H18FN3O3S/c24-18-9-5-17(6-10-18)14-29-19-11-7-16(8-12-19)13-25-27-22(28)15-31-23-26-20-3-1-2-4-21(20)30-23/h1-13H,14-15H2,(H,27,28)/b25-13-. The molecule has 0 saturated heterocycles. The average molecular weight is 435 g/mol. The number of hydrogen-bond acceptors (Lipinski definition) is 6. The summed E-state index contributed by atoms with van der Waals surface area (Å²) in [6, 6.07) is 20.8. The average Bonchev–Trinajstić information content (AvgIpc) is 3.21. The first-order valence-corrected chi connectivity index (χ1v) is 10.4. The highest BCUT2D eigenvalue weighted by atomic mass is 32.2. The predicted molar refractivity (Wildman–Crippen MR) is 118 cm³/mol. The van der Waals surface area contributed by atoms with Gasteiger partial charge in [0.15, 0.2) is 5.58 Å². The highest BCUT2D eigenvalue weighted by Gasteiger charge is 2.08. The van der Waals surface area contributed by atoms with Crippen molar-refractivity contribution in [1.82, 2.24) is 10.4 Å². The maximum atomic E-state index is 12.9. The molecule has 8 heteroatoms. The van der Waals surface area contributed by atoms with Crippen molar-refractivity contribution in [2.45, 2.75) is 11.8 Å². The molecule has 4 rings (SSSR count). The van der Waals surface area contributed by atoms with Crippen LogP contribution < -0.4 is 10.2 Å². The number of para-hydroxylation sites is 2. The van der Waals surface area contributed by atoms with Crippen LogP contribution in [0.25, 0.3) is 11.1 Å². The number of benzene rings is 3. The maximum Gasteiger partial charge on any atom is 0.257 e. The second kappa shape index (κ2) is 9.90. The van der Waals surface area contributed by atoms with E-state index < -0.39 is 0 Å². The molecule has 4 aromatic rings. The number of aromatic nitrogens is 1. The van der Waals surface area contributed by atoms with Gasteiger partial charge in [0, 0.05) is 0 Å². The zero-order chi connectivity index (χ0) is 21.5. The first-order valence-electron chi connectivity index (χ1n) is 9.43. The number of halogens is 1. The number of ether oxygens (including phenoxy) is 1. The van der Waals surface area contributed by atoms with Gasteiger partial charge in [-0.25, -0.2) is 14.8 Å². The van der Waals surface area contributed by atoms with Gasteiger partial charge in [-0.1, -0.05) is 36.0 Å². The lowest BCUT2D eigenvalue weighted by Crippen LogP contribution is -2.19. The second-order valence-corrected chi connectivity index (χ2v) is 7.44. The van der Waals surface area contributed by atoms with E-state index in [1.807, 2.05) is 36.4 Å². The van der Waals surface area contributed by atoms with E-state index >= 15 is 0 Å². The fourth-order valence-corrected chi connectivity index (χ4v) is 3.28. The predicted octanol–water partition coefficient (Wildman–Crippen LogP) is 4.79. The summed E-state index contributed by atoms with van der Waals surface area (Å²) >= 11 is 1.21. The van der Waals surface area contributed by atoms with E-state index in [0.29, 0.717) is 23.2 Å². The molecule has 1 N–H and O–H groups in total. The number of amides is 1. The number of rotatable bonds is 8. The Morgan fingerprint density at radius 1 is 1.10 bits per heavy atom. The van der Waals surface area contributed by atoms with E-state index in [1.165, 1.54) is 23.9 Å². The summed E-state index contributed by atoms with van der Waals surface area (Å²) in [5.41, 5.74) is 5.61. The lowest BCUT2D eigenvalue weighted by atomic mass is 10.2. The van der Waals surface area contributed by atoms with E-state index in [-0.39, 0.29) is 17.5 Å². The third-order valence-electron chi connectivity index (χ3n) is 4.20. The SMILES string of the molecule is O=C(CSc1nc2ccccc2o1)N/N=C\c1ccc(OCc2ccc(F)cc2)cc1. The Labute approximate surface area is 182 Å². The number of nitrogens with zero attached hydrogens (tertiary/aromatic N) is 2. The zero-order valence-electron chi connectivity index (χ0n) is 16.3. The van der Waals surface area contributed by atoms with Crippen molar-refractivity contribution >= 4 is 35.0 Å². The van der Waals surface area contributed by atoms with E-state index in [9.17, 15) is 9.18 Å². The Morgan fingerprint density at radius 2 is 1.87 bits per heavy atom. The summed E-state index contributed by atoms with van der Waals surface area (Å²) in [6.45, 7) is 0.349. The molecule has 0 aliphatic carbocycles. The van der Waals surface area contributed by atoms with Crippen LogP contribution in [-0.4, -0.2) is 22.9 Å². The van der Waals surface area contributed by atoms with Crippen molar-refractivity contribution in [1.29, 1.82) is 0 Å². The molecule has 0 aliphatic heterocycles. The largest absolute Gasteiger partial charge is 0.489 e. The van der Waals surface area contributed by atoms with Crippen LogP contribution >= 0.6 is 11.8 Å². The number of carbonyl (C=O) groups excluding carboxylic acids is 1. The van der Waals surface area contributed by atoms with Gasteiger partial charge >= 0.3 is 0 Å². The van der Waals surface area contributed by atoms with Crippen LogP contribution in [0.5, 0.6) is 5.75 Å². The summed E-state index contributed by atoms with van der Waals surface area (Å²) in [6.07, 6.45) is 1.55. The lowest BCUT2D eigenvalue weighted by Gasteiger charge is -2.06. The molecular formula is C23H18FN3O3S. The second-order valence-electron chi connectivity index (χ2n) is 6.51. The summed E-state index contributed by atoms with van der Waals surface area (Å²) < 4.78 is 24.2. The zero-order valence-corrected chi connectivity index (χ0v) is 17.1. The van der Waals surface area contributed by atoms with E-state index in [2.05, 4.69) is 15.5 Å². The van der Waals surface area contributed by atoms with Crippen LogP contribution in [-0.2, 0) is 11.4 Å². The summed E-state index contributed by atoms with van der Waals surface area (Å²) in [5, 5.41) is 4.40. The molecule has 1 aromatic heterocycles. The number of hydrogen-bond donors (Lipinski definition) is 1. The molecule has 0 atom stereocenters. The van der Waals surface area contributed by atoms with Crippen molar-refractivity contribution in [3.8, 4) is 5.75 Å². The van der Waals surface area contributed by atoms with Crippen LogP contribution in [0.2, 0.25) is 0 Å². The minimum Gasteiger partial charge on any atom is -0.489 e. The van der Waals surface area contributed by atoms with Gasteiger partial charge in [0.2, 0.25) is 0 Å². The maximum absolute atomic E-state index is 12.9. The Hall–Kier alpha value is -3.65. The number of fused-ring (bicyclic) bond motifs is 1. The minimum absolute atomic E-state index is 0.139. The van der Waals surface area contributed by atoms with Crippen molar-refractivity contribution in [2.24, 2.45) is 5.10 Å². The van der Waals surface area contributed by atoms with Crippen LogP contribution in [0.1, 0.15) is 11.1 Å².